The third-order valence-electron chi connectivity index (χ3n) is 5.60. The van der Waals surface area contributed by atoms with Crippen LogP contribution in [-0.2, 0) is 17.8 Å². The first-order valence-electron chi connectivity index (χ1n) is 11.0. The number of halogens is 1. The summed E-state index contributed by atoms with van der Waals surface area (Å²) in [5, 5.41) is 2.75. The lowest BCUT2D eigenvalue weighted by molar-refractivity contribution is -0.130. The van der Waals surface area contributed by atoms with E-state index in [-0.39, 0.29) is 35.8 Å². The van der Waals surface area contributed by atoms with Crippen LogP contribution in [0.1, 0.15) is 59.4 Å². The number of carbonyl (C=O) groups excluding carboxylic acids is 2. The van der Waals surface area contributed by atoms with Crippen molar-refractivity contribution in [2.24, 2.45) is 0 Å². The molecule has 1 unspecified atom stereocenters. The molecule has 2 heterocycles. The number of fused-ring (bicyclic) bond motifs is 1. The molecule has 7 nitrogen and oxygen atoms in total. The van der Waals surface area contributed by atoms with Gasteiger partial charge < -0.3 is 19.4 Å². The predicted molar refractivity (Wildman–Crippen MR) is 119 cm³/mol. The molecule has 1 aromatic heterocycles. The lowest BCUT2D eigenvalue weighted by Crippen LogP contribution is -2.39. The molecule has 0 spiro atoms. The lowest BCUT2D eigenvalue weighted by atomic mass is 9.88. The minimum absolute atomic E-state index is 0.0426. The molecule has 4 rings (SSSR count). The fourth-order valence-corrected chi connectivity index (χ4v) is 4.01. The van der Waals surface area contributed by atoms with Crippen LogP contribution >= 0.6 is 0 Å². The van der Waals surface area contributed by atoms with Crippen LogP contribution in [0.5, 0.6) is 5.75 Å². The van der Waals surface area contributed by atoms with E-state index in [1.165, 1.54) is 25.3 Å². The highest BCUT2D eigenvalue weighted by atomic mass is 19.1. The number of oxazole rings is 1. The normalized spacial score (nSPS) is 15.1. The fourth-order valence-electron chi connectivity index (χ4n) is 4.01. The second-order valence-corrected chi connectivity index (χ2v) is 7.95. The van der Waals surface area contributed by atoms with Gasteiger partial charge in [0.1, 0.15) is 17.8 Å². The van der Waals surface area contributed by atoms with Crippen LogP contribution in [0, 0.1) is 5.82 Å². The summed E-state index contributed by atoms with van der Waals surface area (Å²) in [6.45, 7) is 4.66. The van der Waals surface area contributed by atoms with E-state index in [0.29, 0.717) is 30.8 Å². The third-order valence-corrected chi connectivity index (χ3v) is 5.60. The molecule has 2 amide bonds. The van der Waals surface area contributed by atoms with Crippen molar-refractivity contribution in [3.63, 3.8) is 0 Å². The van der Waals surface area contributed by atoms with Crippen molar-refractivity contribution in [3.05, 3.63) is 82.8 Å². The molecule has 1 atom stereocenters. The first kappa shape index (κ1) is 22.5. The molecular weight excluding hydrogens is 425 g/mol. The van der Waals surface area contributed by atoms with Crippen LogP contribution in [0.15, 0.2) is 53.1 Å². The van der Waals surface area contributed by atoms with Crippen molar-refractivity contribution in [2.75, 3.05) is 13.1 Å². The zero-order valence-electron chi connectivity index (χ0n) is 18.6. The Balaban J connectivity index is 1.55. The summed E-state index contributed by atoms with van der Waals surface area (Å²) in [5.41, 5.74) is 2.89. The highest BCUT2D eigenvalue weighted by Crippen LogP contribution is 2.37. The van der Waals surface area contributed by atoms with E-state index in [0.717, 1.165) is 17.5 Å². The molecule has 33 heavy (non-hydrogen) atoms. The van der Waals surface area contributed by atoms with Crippen LogP contribution in [0.4, 0.5) is 4.39 Å². The second kappa shape index (κ2) is 9.85. The van der Waals surface area contributed by atoms with Crippen molar-refractivity contribution < 1.29 is 23.1 Å². The maximum absolute atomic E-state index is 14.0. The Labute approximate surface area is 191 Å². The molecule has 0 fully saturated rings. The average Bonchev–Trinajstić information content (AvgIpc) is 3.29. The van der Waals surface area contributed by atoms with Gasteiger partial charge in [0, 0.05) is 20.0 Å². The van der Waals surface area contributed by atoms with Crippen LogP contribution in [0.3, 0.4) is 0 Å². The van der Waals surface area contributed by atoms with E-state index < -0.39 is 6.04 Å². The van der Waals surface area contributed by atoms with Gasteiger partial charge in [0.2, 0.25) is 11.8 Å². The summed E-state index contributed by atoms with van der Waals surface area (Å²) in [5.74, 6) is 0.133. The van der Waals surface area contributed by atoms with Crippen molar-refractivity contribution in [2.45, 2.75) is 39.3 Å². The number of rotatable bonds is 7. The summed E-state index contributed by atoms with van der Waals surface area (Å²) in [4.78, 5) is 30.3. The number of ether oxygens (including phenoxy) is 1. The molecule has 1 aliphatic rings. The van der Waals surface area contributed by atoms with Gasteiger partial charge in [-0.25, -0.2) is 9.37 Å². The van der Waals surface area contributed by atoms with Gasteiger partial charge in [-0.15, -0.1) is 0 Å². The minimum Gasteiger partial charge on any atom is -0.484 e. The maximum atomic E-state index is 14.0. The molecule has 0 radical (unpaired) electrons. The van der Waals surface area contributed by atoms with Crippen molar-refractivity contribution in [1.82, 2.24) is 15.2 Å². The number of hydrogen-bond donors (Lipinski definition) is 1. The Bertz CT molecular complexity index is 1160. The Morgan fingerprint density at radius 2 is 2.12 bits per heavy atom. The van der Waals surface area contributed by atoms with E-state index >= 15 is 0 Å². The lowest BCUT2D eigenvalue weighted by Gasteiger charge is -2.37. The number of carbonyl (C=O) groups is 2. The molecule has 1 aliphatic heterocycles. The minimum atomic E-state index is -0.402. The van der Waals surface area contributed by atoms with Crippen molar-refractivity contribution in [1.29, 1.82) is 0 Å². The number of nitrogens with one attached hydrogen (secondary N) is 1. The number of amides is 2. The highest BCUT2D eigenvalue weighted by molar-refractivity contribution is 5.91. The topological polar surface area (TPSA) is 84.7 Å². The summed E-state index contributed by atoms with van der Waals surface area (Å²) < 4.78 is 25.2. The number of benzene rings is 2. The van der Waals surface area contributed by atoms with Crippen LogP contribution in [-0.4, -0.2) is 34.8 Å². The molecule has 2 aromatic carbocycles. The monoisotopic (exact) mass is 451 g/mol. The van der Waals surface area contributed by atoms with E-state index in [1.54, 1.807) is 11.0 Å². The van der Waals surface area contributed by atoms with Crippen LogP contribution < -0.4 is 10.1 Å². The number of nitrogens with zero attached hydrogens (tertiary/aromatic N) is 2. The average molecular weight is 451 g/mol. The van der Waals surface area contributed by atoms with E-state index in [4.69, 9.17) is 9.15 Å². The Morgan fingerprint density at radius 3 is 2.88 bits per heavy atom. The first-order valence-corrected chi connectivity index (χ1v) is 11.0. The van der Waals surface area contributed by atoms with E-state index in [2.05, 4.69) is 10.3 Å². The Kier molecular flexibility index (Phi) is 6.72. The second-order valence-electron chi connectivity index (χ2n) is 7.95. The van der Waals surface area contributed by atoms with Crippen LogP contribution in [0.2, 0.25) is 0 Å². The predicted octanol–water partition coefficient (Wildman–Crippen LogP) is 4.03. The van der Waals surface area contributed by atoms with Gasteiger partial charge >= 0.3 is 0 Å². The first-order chi connectivity index (χ1) is 16.0. The number of aromatic nitrogens is 1. The molecular formula is C25H26FN3O4. The smallest absolute Gasteiger partial charge is 0.273 e. The molecule has 0 saturated heterocycles. The zero-order valence-corrected chi connectivity index (χ0v) is 18.6. The van der Waals surface area contributed by atoms with E-state index in [9.17, 15) is 14.0 Å². The maximum Gasteiger partial charge on any atom is 0.273 e. The van der Waals surface area contributed by atoms with Gasteiger partial charge in [-0.1, -0.05) is 25.1 Å². The Hall–Kier alpha value is -3.68. The summed E-state index contributed by atoms with van der Waals surface area (Å²) in [6, 6.07) is 11.6. The largest absolute Gasteiger partial charge is 0.484 e. The van der Waals surface area contributed by atoms with Gasteiger partial charge in [0.15, 0.2) is 12.3 Å². The van der Waals surface area contributed by atoms with E-state index in [1.807, 2.05) is 31.2 Å². The molecule has 1 N–H and O–H groups in total. The molecule has 8 heteroatoms. The molecule has 0 bridgehead atoms. The molecule has 172 valence electrons. The molecule has 0 saturated carbocycles. The summed E-state index contributed by atoms with van der Waals surface area (Å²) in [6.07, 6.45) is 2.84. The third kappa shape index (κ3) is 5.05. The van der Waals surface area contributed by atoms with Gasteiger partial charge in [0.25, 0.3) is 5.91 Å². The molecule has 3 aromatic rings. The quantitative estimate of drug-likeness (QED) is 0.586. The van der Waals surface area contributed by atoms with Crippen LogP contribution in [0.25, 0.3) is 0 Å². The van der Waals surface area contributed by atoms with Gasteiger partial charge in [0.05, 0.1) is 6.04 Å². The number of hydrogen-bond acceptors (Lipinski definition) is 5. The van der Waals surface area contributed by atoms with Gasteiger partial charge in [-0.3, -0.25) is 9.59 Å². The van der Waals surface area contributed by atoms with Gasteiger partial charge in [-0.2, -0.15) is 0 Å². The molecule has 0 aliphatic carbocycles. The zero-order chi connectivity index (χ0) is 23.4. The standard InChI is InChI=1S/C25H26FN3O4/c1-3-10-27-25(31)22-14-33-23(28-22)15-32-20-8-7-17-9-11-29(16(2)30)24(21(17)13-20)18-5-4-6-19(26)12-18/h4-8,12-14,24H,3,9-11,15H2,1-2H3,(H,27,31). The Morgan fingerprint density at radius 1 is 1.27 bits per heavy atom. The van der Waals surface area contributed by atoms with Crippen molar-refractivity contribution >= 4 is 11.8 Å². The summed E-state index contributed by atoms with van der Waals surface area (Å²) in [7, 11) is 0. The fraction of sp³-hybridized carbons (Fsp3) is 0.320. The highest BCUT2D eigenvalue weighted by Gasteiger charge is 2.31. The SMILES string of the molecule is CCCNC(=O)c1coc(COc2ccc3c(c2)C(c2cccc(F)c2)N(C(C)=O)CC3)n1. The summed E-state index contributed by atoms with van der Waals surface area (Å²) >= 11 is 0. The van der Waals surface area contributed by atoms with Crippen molar-refractivity contribution in [3.8, 4) is 5.75 Å². The van der Waals surface area contributed by atoms with Gasteiger partial charge in [-0.05, 0) is 53.8 Å².